The maximum atomic E-state index is 11.7. The molecule has 2 aliphatic carbocycles. The van der Waals surface area contributed by atoms with Crippen LogP contribution in [-0.4, -0.2) is 18.1 Å². The number of nitrogens with zero attached hydrogens (tertiary/aromatic N) is 1. The van der Waals surface area contributed by atoms with Crippen molar-refractivity contribution in [1.82, 2.24) is 4.98 Å². The van der Waals surface area contributed by atoms with E-state index in [1.807, 2.05) is 0 Å². The van der Waals surface area contributed by atoms with Crippen molar-refractivity contribution in [3.8, 4) is 0 Å². The lowest BCUT2D eigenvalue weighted by molar-refractivity contribution is -0.143. The second-order valence-corrected chi connectivity index (χ2v) is 5.64. The van der Waals surface area contributed by atoms with Crippen molar-refractivity contribution in [3.63, 3.8) is 0 Å². The van der Waals surface area contributed by atoms with E-state index in [0.717, 1.165) is 17.8 Å². The van der Waals surface area contributed by atoms with Crippen LogP contribution in [0.2, 0.25) is 0 Å². The summed E-state index contributed by atoms with van der Waals surface area (Å²) in [5.41, 5.74) is 0.822. The summed E-state index contributed by atoms with van der Waals surface area (Å²) in [6.07, 6.45) is 5.64. The molecule has 0 unspecified atom stereocenters. The van der Waals surface area contributed by atoms with Crippen LogP contribution < -0.4 is 0 Å². The van der Waals surface area contributed by atoms with Gasteiger partial charge in [-0.25, -0.2) is 4.98 Å². The van der Waals surface area contributed by atoms with Gasteiger partial charge in [0.1, 0.15) is 10.4 Å². The zero-order valence-corrected chi connectivity index (χ0v) is 10.2. The number of thiazole rings is 1. The third-order valence-electron chi connectivity index (χ3n) is 3.78. The zero-order chi connectivity index (χ0) is 11.2. The number of hydrogen-bond acceptors (Lipinski definition) is 4. The van der Waals surface area contributed by atoms with Gasteiger partial charge in [-0.3, -0.25) is 4.79 Å². The van der Waals surface area contributed by atoms with Gasteiger partial charge in [-0.05, 0) is 25.7 Å². The smallest absolute Gasteiger partial charge is 0.318 e. The summed E-state index contributed by atoms with van der Waals surface area (Å²) < 4.78 is 4.87. The van der Waals surface area contributed by atoms with Crippen LogP contribution >= 0.6 is 11.3 Å². The van der Waals surface area contributed by atoms with Gasteiger partial charge in [0.2, 0.25) is 0 Å². The number of esters is 1. The second-order valence-electron chi connectivity index (χ2n) is 4.78. The second kappa shape index (κ2) is 3.55. The highest BCUT2D eigenvalue weighted by Crippen LogP contribution is 2.51. The first kappa shape index (κ1) is 10.3. The van der Waals surface area contributed by atoms with Crippen LogP contribution in [0.5, 0.6) is 0 Å². The van der Waals surface area contributed by atoms with Gasteiger partial charge < -0.3 is 4.74 Å². The molecule has 0 saturated heterocycles. The number of methoxy groups -OCH3 is 1. The first-order chi connectivity index (χ1) is 7.76. The van der Waals surface area contributed by atoms with Gasteiger partial charge in [0.05, 0.1) is 12.8 Å². The number of rotatable bonds is 3. The maximum absolute atomic E-state index is 11.7. The Morgan fingerprint density at radius 3 is 2.81 bits per heavy atom. The average Bonchev–Trinajstić information content (AvgIpc) is 2.90. The van der Waals surface area contributed by atoms with Crippen LogP contribution in [0.15, 0.2) is 5.38 Å². The third-order valence-corrected chi connectivity index (χ3v) is 4.85. The zero-order valence-electron chi connectivity index (χ0n) is 9.36. The minimum absolute atomic E-state index is 0.109. The Labute approximate surface area is 98.8 Å². The highest BCUT2D eigenvalue weighted by molar-refractivity contribution is 7.10. The molecule has 0 atom stereocenters. The first-order valence-electron chi connectivity index (χ1n) is 5.80. The third kappa shape index (κ3) is 1.39. The Kier molecular flexibility index (Phi) is 2.28. The molecule has 0 spiro atoms. The summed E-state index contributed by atoms with van der Waals surface area (Å²) in [5.74, 6) is 0.542. The summed E-state index contributed by atoms with van der Waals surface area (Å²) in [6, 6.07) is 0. The fourth-order valence-electron chi connectivity index (χ4n) is 2.22. The molecule has 0 amide bonds. The van der Waals surface area contributed by atoms with E-state index >= 15 is 0 Å². The summed E-state index contributed by atoms with van der Waals surface area (Å²) in [4.78, 5) is 16.4. The molecule has 2 saturated carbocycles. The molecule has 16 heavy (non-hydrogen) atoms. The van der Waals surface area contributed by atoms with Crippen molar-refractivity contribution in [2.45, 2.75) is 43.4 Å². The van der Waals surface area contributed by atoms with Gasteiger partial charge in [0.25, 0.3) is 0 Å². The molecule has 2 fully saturated rings. The van der Waals surface area contributed by atoms with Gasteiger partial charge >= 0.3 is 5.97 Å². The van der Waals surface area contributed by atoms with Crippen LogP contribution in [0.25, 0.3) is 0 Å². The maximum Gasteiger partial charge on any atom is 0.318 e. The van der Waals surface area contributed by atoms with Crippen LogP contribution in [0, 0.1) is 0 Å². The van der Waals surface area contributed by atoms with Crippen LogP contribution in [0.3, 0.4) is 0 Å². The molecular formula is C12H15NO2S. The van der Waals surface area contributed by atoms with E-state index in [4.69, 9.17) is 4.74 Å². The van der Waals surface area contributed by atoms with Crippen molar-refractivity contribution in [3.05, 3.63) is 16.1 Å². The normalized spacial score (nSPS) is 22.6. The molecule has 3 nitrogen and oxygen atoms in total. The molecule has 1 aromatic heterocycles. The van der Waals surface area contributed by atoms with Gasteiger partial charge in [0.15, 0.2) is 0 Å². The monoisotopic (exact) mass is 237 g/mol. The van der Waals surface area contributed by atoms with Crippen molar-refractivity contribution < 1.29 is 9.53 Å². The van der Waals surface area contributed by atoms with Crippen molar-refractivity contribution in [2.24, 2.45) is 0 Å². The number of carbonyl (C=O) groups is 1. The molecule has 0 aromatic carbocycles. The topological polar surface area (TPSA) is 39.2 Å². The van der Waals surface area contributed by atoms with E-state index in [9.17, 15) is 4.79 Å². The fourth-order valence-corrected chi connectivity index (χ4v) is 3.37. The minimum Gasteiger partial charge on any atom is -0.468 e. The van der Waals surface area contributed by atoms with Crippen molar-refractivity contribution >= 4 is 17.3 Å². The van der Waals surface area contributed by atoms with Crippen molar-refractivity contribution in [2.75, 3.05) is 7.11 Å². The lowest BCUT2D eigenvalue weighted by Crippen LogP contribution is -2.22. The van der Waals surface area contributed by atoms with Gasteiger partial charge in [-0.1, -0.05) is 6.42 Å². The quantitative estimate of drug-likeness (QED) is 0.759. The average molecular weight is 237 g/mol. The molecule has 0 bridgehead atoms. The lowest BCUT2D eigenvalue weighted by atomic mass is 9.83. The highest BCUT2D eigenvalue weighted by Gasteiger charge is 2.55. The molecule has 2 aliphatic rings. The SMILES string of the molecule is COC(=O)C1(c2nc(C3CCC3)cs2)CC1. The Morgan fingerprint density at radius 1 is 1.56 bits per heavy atom. The number of hydrogen-bond donors (Lipinski definition) is 0. The predicted octanol–water partition coefficient (Wildman–Crippen LogP) is 2.62. The van der Waals surface area contributed by atoms with E-state index < -0.39 is 0 Å². The molecule has 86 valence electrons. The predicted molar refractivity (Wildman–Crippen MR) is 61.6 cm³/mol. The fraction of sp³-hybridized carbons (Fsp3) is 0.667. The number of aromatic nitrogens is 1. The molecule has 1 aromatic rings. The molecule has 0 radical (unpaired) electrons. The number of carbonyl (C=O) groups excluding carboxylic acids is 1. The Balaban J connectivity index is 1.84. The van der Waals surface area contributed by atoms with Crippen LogP contribution in [-0.2, 0) is 14.9 Å². The van der Waals surface area contributed by atoms with Gasteiger partial charge in [-0.2, -0.15) is 0 Å². The summed E-state index contributed by atoms with van der Waals surface area (Å²) in [5, 5.41) is 3.10. The summed E-state index contributed by atoms with van der Waals surface area (Å²) >= 11 is 1.63. The van der Waals surface area contributed by atoms with Gasteiger partial charge in [0, 0.05) is 11.3 Å². The number of ether oxygens (including phenoxy) is 1. The molecule has 4 heteroatoms. The van der Waals surface area contributed by atoms with Crippen molar-refractivity contribution in [1.29, 1.82) is 0 Å². The van der Waals surface area contributed by atoms with E-state index in [1.54, 1.807) is 11.3 Å². The van der Waals surface area contributed by atoms with E-state index in [0.29, 0.717) is 5.92 Å². The van der Waals surface area contributed by atoms with E-state index in [2.05, 4.69) is 10.4 Å². The standard InChI is InChI=1S/C12H15NO2S/c1-15-11(14)12(5-6-12)10-13-9(7-16-10)8-3-2-4-8/h7-8H,2-6H2,1H3. The largest absolute Gasteiger partial charge is 0.468 e. The summed E-state index contributed by atoms with van der Waals surface area (Å²) in [7, 11) is 1.46. The molecule has 0 N–H and O–H groups in total. The Morgan fingerprint density at radius 2 is 2.31 bits per heavy atom. The molecule has 0 aliphatic heterocycles. The van der Waals surface area contributed by atoms with Gasteiger partial charge in [-0.15, -0.1) is 11.3 Å². The van der Waals surface area contributed by atoms with Crippen LogP contribution in [0.1, 0.15) is 48.7 Å². The molecule has 1 heterocycles. The lowest BCUT2D eigenvalue weighted by Gasteiger charge is -2.23. The Bertz CT molecular complexity index is 418. The molecular weight excluding hydrogens is 222 g/mol. The minimum atomic E-state index is -0.374. The first-order valence-corrected chi connectivity index (χ1v) is 6.68. The summed E-state index contributed by atoms with van der Waals surface area (Å²) in [6.45, 7) is 0. The van der Waals surface area contributed by atoms with Crippen LogP contribution in [0.4, 0.5) is 0 Å². The highest BCUT2D eigenvalue weighted by atomic mass is 32.1. The Hall–Kier alpha value is -0.900. The van der Waals surface area contributed by atoms with E-state index in [1.165, 1.54) is 32.1 Å². The molecule has 3 rings (SSSR count). The van der Waals surface area contributed by atoms with E-state index in [-0.39, 0.29) is 11.4 Å².